The first-order valence-electron chi connectivity index (χ1n) is 3.14. The SMILES string of the molecule is CCC(C(C)(F)F)C(F)(F)F. The van der Waals surface area contributed by atoms with Crippen molar-refractivity contribution in [3.05, 3.63) is 0 Å². The van der Waals surface area contributed by atoms with E-state index in [1.54, 1.807) is 0 Å². The molecule has 0 saturated heterocycles. The van der Waals surface area contributed by atoms with Gasteiger partial charge in [0.15, 0.2) is 0 Å². The van der Waals surface area contributed by atoms with Crippen molar-refractivity contribution < 1.29 is 22.0 Å². The van der Waals surface area contributed by atoms with E-state index in [2.05, 4.69) is 0 Å². The van der Waals surface area contributed by atoms with E-state index in [-0.39, 0.29) is 6.92 Å². The standard InChI is InChI=1S/C6H9F5/c1-3-4(5(2,7)8)6(9,10)11/h4H,3H2,1-2H3. The van der Waals surface area contributed by atoms with Crippen LogP contribution < -0.4 is 0 Å². The monoisotopic (exact) mass is 176 g/mol. The minimum atomic E-state index is -4.80. The van der Waals surface area contributed by atoms with Gasteiger partial charge in [-0.15, -0.1) is 0 Å². The smallest absolute Gasteiger partial charge is 0.207 e. The molecule has 5 heteroatoms. The summed E-state index contributed by atoms with van der Waals surface area (Å²) in [6.07, 6.45) is -5.39. The van der Waals surface area contributed by atoms with Gasteiger partial charge in [0.05, 0.1) is 0 Å². The molecule has 1 unspecified atom stereocenters. The molecule has 0 fully saturated rings. The van der Waals surface area contributed by atoms with Gasteiger partial charge in [-0.2, -0.15) is 13.2 Å². The second-order valence-corrected chi connectivity index (χ2v) is 2.46. The molecular weight excluding hydrogens is 167 g/mol. The minimum Gasteiger partial charge on any atom is -0.207 e. The number of hydrogen-bond donors (Lipinski definition) is 0. The average molecular weight is 176 g/mol. The van der Waals surface area contributed by atoms with Gasteiger partial charge in [0.1, 0.15) is 5.92 Å². The Hall–Kier alpha value is -0.350. The van der Waals surface area contributed by atoms with Crippen LogP contribution in [0.5, 0.6) is 0 Å². The second-order valence-electron chi connectivity index (χ2n) is 2.46. The van der Waals surface area contributed by atoms with Crippen LogP contribution in [0.15, 0.2) is 0 Å². The highest BCUT2D eigenvalue weighted by Gasteiger charge is 2.51. The lowest BCUT2D eigenvalue weighted by Gasteiger charge is -2.24. The second kappa shape index (κ2) is 2.95. The molecule has 0 N–H and O–H groups in total. The van der Waals surface area contributed by atoms with Crippen LogP contribution in [-0.2, 0) is 0 Å². The third-order valence-electron chi connectivity index (χ3n) is 1.42. The number of hydrogen-bond acceptors (Lipinski definition) is 0. The molecule has 0 rings (SSSR count). The lowest BCUT2D eigenvalue weighted by molar-refractivity contribution is -0.235. The fraction of sp³-hybridized carbons (Fsp3) is 1.00. The van der Waals surface area contributed by atoms with Gasteiger partial charge in [0.25, 0.3) is 5.92 Å². The van der Waals surface area contributed by atoms with E-state index in [4.69, 9.17) is 0 Å². The lowest BCUT2D eigenvalue weighted by Crippen LogP contribution is -2.36. The maximum absolute atomic E-state index is 12.2. The fourth-order valence-electron chi connectivity index (χ4n) is 0.877. The van der Waals surface area contributed by atoms with Crippen LogP contribution in [0.2, 0.25) is 0 Å². The Bertz CT molecular complexity index is 106. The quantitative estimate of drug-likeness (QED) is 0.566. The highest BCUT2D eigenvalue weighted by Crippen LogP contribution is 2.39. The molecule has 0 aliphatic rings. The largest absolute Gasteiger partial charge is 0.397 e. The normalized spacial score (nSPS) is 16.6. The van der Waals surface area contributed by atoms with Crippen LogP contribution in [-0.4, -0.2) is 12.1 Å². The van der Waals surface area contributed by atoms with Gasteiger partial charge in [-0.1, -0.05) is 6.92 Å². The van der Waals surface area contributed by atoms with Crippen molar-refractivity contribution in [1.29, 1.82) is 0 Å². The molecule has 0 aliphatic heterocycles. The molecule has 0 nitrogen and oxygen atoms in total. The third-order valence-corrected chi connectivity index (χ3v) is 1.42. The van der Waals surface area contributed by atoms with Gasteiger partial charge in [-0.3, -0.25) is 0 Å². The van der Waals surface area contributed by atoms with Crippen molar-refractivity contribution in [2.24, 2.45) is 5.92 Å². The van der Waals surface area contributed by atoms with Crippen LogP contribution in [0, 0.1) is 5.92 Å². The van der Waals surface area contributed by atoms with Crippen molar-refractivity contribution in [3.8, 4) is 0 Å². The topological polar surface area (TPSA) is 0 Å². The number of alkyl halides is 5. The highest BCUT2D eigenvalue weighted by atomic mass is 19.4. The van der Waals surface area contributed by atoms with Gasteiger partial charge >= 0.3 is 6.18 Å². The van der Waals surface area contributed by atoms with E-state index in [1.807, 2.05) is 0 Å². The van der Waals surface area contributed by atoms with Gasteiger partial charge in [-0.25, -0.2) is 8.78 Å². The Morgan fingerprint density at radius 2 is 1.45 bits per heavy atom. The van der Waals surface area contributed by atoms with Crippen LogP contribution in [0.3, 0.4) is 0 Å². The predicted octanol–water partition coefficient (Wildman–Crippen LogP) is 3.23. The summed E-state index contributed by atoms with van der Waals surface area (Å²) >= 11 is 0. The van der Waals surface area contributed by atoms with Crippen molar-refractivity contribution in [1.82, 2.24) is 0 Å². The Kier molecular flexibility index (Phi) is 2.85. The van der Waals surface area contributed by atoms with E-state index >= 15 is 0 Å². The zero-order chi connectivity index (χ0) is 9.28. The Morgan fingerprint density at radius 3 is 1.45 bits per heavy atom. The molecule has 0 saturated carbocycles. The molecule has 0 aromatic rings. The maximum Gasteiger partial charge on any atom is 0.397 e. The molecule has 0 spiro atoms. The molecule has 0 aliphatic carbocycles. The summed E-state index contributed by atoms with van der Waals surface area (Å²) in [6.45, 7) is 1.38. The minimum absolute atomic E-state index is 0.286. The first kappa shape index (κ1) is 10.7. The van der Waals surface area contributed by atoms with Gasteiger partial charge in [-0.05, 0) is 13.3 Å². The van der Waals surface area contributed by atoms with Gasteiger partial charge in [0.2, 0.25) is 0 Å². The Labute approximate surface area is 61.4 Å². The van der Waals surface area contributed by atoms with Crippen LogP contribution >= 0.6 is 0 Å². The molecule has 0 amide bonds. The maximum atomic E-state index is 12.2. The Balaban J connectivity index is 4.43. The molecule has 0 heterocycles. The summed E-state index contributed by atoms with van der Waals surface area (Å²) < 4.78 is 59.5. The summed E-state index contributed by atoms with van der Waals surface area (Å²) in [5, 5.41) is 0. The first-order valence-corrected chi connectivity index (χ1v) is 3.14. The summed E-state index contributed by atoms with van der Waals surface area (Å²) in [5.41, 5.74) is 0. The Morgan fingerprint density at radius 1 is 1.09 bits per heavy atom. The summed E-state index contributed by atoms with van der Waals surface area (Å²) in [6, 6.07) is 0. The lowest BCUT2D eigenvalue weighted by atomic mass is 9.99. The van der Waals surface area contributed by atoms with Crippen molar-refractivity contribution in [3.63, 3.8) is 0 Å². The van der Waals surface area contributed by atoms with E-state index in [1.165, 1.54) is 0 Å². The van der Waals surface area contributed by atoms with Crippen molar-refractivity contribution in [2.75, 3.05) is 0 Å². The third kappa shape index (κ3) is 3.03. The zero-order valence-electron chi connectivity index (χ0n) is 6.17. The summed E-state index contributed by atoms with van der Waals surface area (Å²) in [4.78, 5) is 0. The van der Waals surface area contributed by atoms with E-state index in [0.29, 0.717) is 0 Å². The van der Waals surface area contributed by atoms with E-state index in [9.17, 15) is 22.0 Å². The predicted molar refractivity (Wildman–Crippen MR) is 30.5 cm³/mol. The van der Waals surface area contributed by atoms with Crippen molar-refractivity contribution in [2.45, 2.75) is 32.4 Å². The zero-order valence-corrected chi connectivity index (χ0v) is 6.17. The molecular formula is C6H9F5. The van der Waals surface area contributed by atoms with Gasteiger partial charge in [0, 0.05) is 0 Å². The molecule has 0 radical (unpaired) electrons. The molecule has 0 aromatic carbocycles. The van der Waals surface area contributed by atoms with Crippen molar-refractivity contribution >= 4 is 0 Å². The molecule has 11 heavy (non-hydrogen) atoms. The summed E-state index contributed by atoms with van der Waals surface area (Å²) in [7, 11) is 0. The van der Waals surface area contributed by atoms with Crippen LogP contribution in [0.1, 0.15) is 20.3 Å². The molecule has 0 bridgehead atoms. The van der Waals surface area contributed by atoms with Crippen LogP contribution in [0.4, 0.5) is 22.0 Å². The molecule has 1 atom stereocenters. The molecule has 68 valence electrons. The van der Waals surface area contributed by atoms with Crippen LogP contribution in [0.25, 0.3) is 0 Å². The van der Waals surface area contributed by atoms with E-state index in [0.717, 1.165) is 6.92 Å². The summed E-state index contributed by atoms with van der Waals surface area (Å²) in [5.74, 6) is -6.19. The highest BCUT2D eigenvalue weighted by molar-refractivity contribution is 4.77. The molecule has 0 aromatic heterocycles. The van der Waals surface area contributed by atoms with Gasteiger partial charge < -0.3 is 0 Å². The number of halogens is 5. The van der Waals surface area contributed by atoms with E-state index < -0.39 is 24.4 Å². The number of rotatable bonds is 2. The average Bonchev–Trinajstić information content (AvgIpc) is 1.56. The first-order chi connectivity index (χ1) is 4.69. The fourth-order valence-corrected chi connectivity index (χ4v) is 0.877.